The molecule has 0 spiro atoms. The molecule has 2 aromatic carbocycles. The zero-order valence-corrected chi connectivity index (χ0v) is 20.2. The molecule has 1 aromatic heterocycles. The molecule has 0 aliphatic carbocycles. The largest absolute Gasteiger partial charge is 0.349 e. The smallest absolute Gasteiger partial charge is 0.253 e. The predicted octanol–water partition coefficient (Wildman–Crippen LogP) is 3.37. The van der Waals surface area contributed by atoms with Gasteiger partial charge in [0.2, 0.25) is 11.8 Å². The van der Waals surface area contributed by atoms with E-state index in [0.29, 0.717) is 30.9 Å². The zero-order valence-electron chi connectivity index (χ0n) is 20.2. The van der Waals surface area contributed by atoms with E-state index in [1.807, 2.05) is 68.4 Å². The summed E-state index contributed by atoms with van der Waals surface area (Å²) in [6, 6.07) is 17.2. The summed E-state index contributed by atoms with van der Waals surface area (Å²) in [6.45, 7) is 5.55. The Morgan fingerprint density at radius 1 is 1.03 bits per heavy atom. The standard InChI is InChI=1S/C28H30N4O3/c1-18-8-9-21-15-23(19(2)29-24(21)14-18)27(34)30-22-10-12-31(13-11-22)25-16-26(33)32(28(25)35)17-20-6-4-3-5-7-20/h3-9,14-15,22,25H,10-13,16-17H2,1-2H3,(H,30,34)/t25-/m1/s1. The molecule has 2 fully saturated rings. The number of hydrogen-bond acceptors (Lipinski definition) is 5. The molecule has 0 saturated carbocycles. The first kappa shape index (κ1) is 23.2. The number of fused-ring (bicyclic) bond motifs is 1. The van der Waals surface area contributed by atoms with E-state index in [4.69, 9.17) is 0 Å². The van der Waals surface area contributed by atoms with Crippen molar-refractivity contribution >= 4 is 28.6 Å². The highest BCUT2D eigenvalue weighted by atomic mass is 16.2. The molecule has 0 radical (unpaired) electrons. The summed E-state index contributed by atoms with van der Waals surface area (Å²) in [5.74, 6) is -0.347. The van der Waals surface area contributed by atoms with E-state index in [-0.39, 0.29) is 30.2 Å². The van der Waals surface area contributed by atoms with Crippen molar-refractivity contribution in [1.29, 1.82) is 0 Å². The molecule has 2 saturated heterocycles. The third kappa shape index (κ3) is 4.82. The van der Waals surface area contributed by atoms with Crippen molar-refractivity contribution in [2.45, 2.75) is 51.7 Å². The Balaban J connectivity index is 1.19. The normalized spacial score (nSPS) is 19.5. The van der Waals surface area contributed by atoms with Crippen molar-refractivity contribution in [3.8, 4) is 0 Å². The number of amides is 3. The van der Waals surface area contributed by atoms with Gasteiger partial charge in [0.1, 0.15) is 0 Å². The predicted molar refractivity (Wildman–Crippen MR) is 134 cm³/mol. The molecule has 3 heterocycles. The van der Waals surface area contributed by atoms with Gasteiger partial charge in [-0.3, -0.25) is 29.2 Å². The van der Waals surface area contributed by atoms with Crippen LogP contribution in [0.25, 0.3) is 10.9 Å². The van der Waals surface area contributed by atoms with Crippen LogP contribution in [0.5, 0.6) is 0 Å². The second-order valence-corrected chi connectivity index (χ2v) is 9.62. The number of piperidine rings is 1. The number of carbonyl (C=O) groups is 3. The number of benzene rings is 2. The number of pyridine rings is 1. The number of likely N-dealkylation sites (tertiary alicyclic amines) is 2. The molecule has 5 rings (SSSR count). The summed E-state index contributed by atoms with van der Waals surface area (Å²) in [5.41, 5.74) is 4.29. The third-order valence-electron chi connectivity index (χ3n) is 7.12. The van der Waals surface area contributed by atoms with Crippen LogP contribution in [-0.4, -0.2) is 57.7 Å². The van der Waals surface area contributed by atoms with Crippen molar-refractivity contribution in [1.82, 2.24) is 20.1 Å². The molecule has 3 amide bonds. The summed E-state index contributed by atoms with van der Waals surface area (Å²) in [7, 11) is 0. The molecule has 0 unspecified atom stereocenters. The minimum Gasteiger partial charge on any atom is -0.349 e. The van der Waals surface area contributed by atoms with Crippen LogP contribution in [0.2, 0.25) is 0 Å². The molecule has 3 aromatic rings. The Morgan fingerprint density at radius 3 is 2.51 bits per heavy atom. The fourth-order valence-corrected chi connectivity index (χ4v) is 5.10. The van der Waals surface area contributed by atoms with Crippen LogP contribution in [-0.2, 0) is 16.1 Å². The second kappa shape index (κ2) is 9.58. The van der Waals surface area contributed by atoms with E-state index >= 15 is 0 Å². The molecule has 35 heavy (non-hydrogen) atoms. The van der Waals surface area contributed by atoms with E-state index in [2.05, 4.69) is 15.2 Å². The van der Waals surface area contributed by atoms with Crippen LogP contribution in [0.15, 0.2) is 54.6 Å². The van der Waals surface area contributed by atoms with E-state index < -0.39 is 6.04 Å². The van der Waals surface area contributed by atoms with Crippen molar-refractivity contribution < 1.29 is 14.4 Å². The Morgan fingerprint density at radius 2 is 1.77 bits per heavy atom. The van der Waals surface area contributed by atoms with Crippen LogP contribution >= 0.6 is 0 Å². The molecule has 0 bridgehead atoms. The first-order chi connectivity index (χ1) is 16.9. The highest BCUT2D eigenvalue weighted by Gasteiger charge is 2.42. The van der Waals surface area contributed by atoms with Gasteiger partial charge in [0.05, 0.1) is 35.8 Å². The van der Waals surface area contributed by atoms with Gasteiger partial charge in [0.25, 0.3) is 5.91 Å². The Bertz CT molecular complexity index is 1280. The van der Waals surface area contributed by atoms with Gasteiger partial charge in [0, 0.05) is 24.5 Å². The van der Waals surface area contributed by atoms with Crippen molar-refractivity contribution in [2.24, 2.45) is 0 Å². The maximum atomic E-state index is 13.0. The fourth-order valence-electron chi connectivity index (χ4n) is 5.10. The van der Waals surface area contributed by atoms with Crippen molar-refractivity contribution in [2.75, 3.05) is 13.1 Å². The minimum atomic E-state index is -0.404. The maximum Gasteiger partial charge on any atom is 0.253 e. The molecule has 2 aliphatic rings. The van der Waals surface area contributed by atoms with Crippen molar-refractivity contribution in [3.05, 3.63) is 77.0 Å². The zero-order chi connectivity index (χ0) is 24.5. The number of nitrogens with one attached hydrogen (secondary N) is 1. The number of aromatic nitrogens is 1. The number of carbonyl (C=O) groups excluding carboxylic acids is 3. The van der Waals surface area contributed by atoms with Gasteiger partial charge in [-0.15, -0.1) is 0 Å². The average Bonchev–Trinajstić information content (AvgIpc) is 3.13. The number of imide groups is 1. The number of hydrogen-bond donors (Lipinski definition) is 1. The lowest BCUT2D eigenvalue weighted by atomic mass is 10.0. The third-order valence-corrected chi connectivity index (χ3v) is 7.12. The molecule has 180 valence electrons. The Kier molecular flexibility index (Phi) is 6.34. The molecule has 1 N–H and O–H groups in total. The van der Waals surface area contributed by atoms with Crippen LogP contribution in [0.3, 0.4) is 0 Å². The summed E-state index contributed by atoms with van der Waals surface area (Å²) < 4.78 is 0. The summed E-state index contributed by atoms with van der Waals surface area (Å²) in [6.07, 6.45) is 1.70. The molecule has 2 aliphatic heterocycles. The average molecular weight is 471 g/mol. The van der Waals surface area contributed by atoms with E-state index in [9.17, 15) is 14.4 Å². The summed E-state index contributed by atoms with van der Waals surface area (Å²) in [5, 5.41) is 4.11. The lowest BCUT2D eigenvalue weighted by Gasteiger charge is -2.35. The monoisotopic (exact) mass is 470 g/mol. The van der Waals surface area contributed by atoms with Crippen LogP contribution in [0.4, 0.5) is 0 Å². The first-order valence-corrected chi connectivity index (χ1v) is 12.2. The molecular formula is C28H30N4O3. The lowest BCUT2D eigenvalue weighted by Crippen LogP contribution is -2.50. The molecule has 7 nitrogen and oxygen atoms in total. The topological polar surface area (TPSA) is 82.6 Å². The molecule has 7 heteroatoms. The first-order valence-electron chi connectivity index (χ1n) is 12.2. The highest BCUT2D eigenvalue weighted by molar-refractivity contribution is 6.05. The SMILES string of the molecule is Cc1ccc2cc(C(=O)NC3CCN([C@@H]4CC(=O)N(Cc5ccccc5)C4=O)CC3)c(C)nc2c1. The number of aryl methyl sites for hydroxylation is 2. The minimum absolute atomic E-state index is 0.0273. The van der Waals surface area contributed by atoms with E-state index in [0.717, 1.165) is 34.9 Å². The van der Waals surface area contributed by atoms with Crippen LogP contribution in [0.1, 0.15) is 46.4 Å². The van der Waals surface area contributed by atoms with Crippen molar-refractivity contribution in [3.63, 3.8) is 0 Å². The van der Waals surface area contributed by atoms with Crippen LogP contribution in [0, 0.1) is 13.8 Å². The quantitative estimate of drug-likeness (QED) is 0.578. The van der Waals surface area contributed by atoms with Gasteiger partial charge in [-0.25, -0.2) is 0 Å². The van der Waals surface area contributed by atoms with Gasteiger partial charge in [0.15, 0.2) is 0 Å². The van der Waals surface area contributed by atoms with E-state index in [1.54, 1.807) is 0 Å². The second-order valence-electron chi connectivity index (χ2n) is 9.62. The lowest BCUT2D eigenvalue weighted by molar-refractivity contribution is -0.140. The Hall–Kier alpha value is -3.58. The van der Waals surface area contributed by atoms with Gasteiger partial charge in [-0.2, -0.15) is 0 Å². The number of nitrogens with zero attached hydrogens (tertiary/aromatic N) is 3. The Labute approximate surface area is 205 Å². The van der Waals surface area contributed by atoms with Gasteiger partial charge in [-0.05, 0) is 49.9 Å². The van der Waals surface area contributed by atoms with Gasteiger partial charge in [-0.1, -0.05) is 42.5 Å². The van der Waals surface area contributed by atoms with Crippen LogP contribution < -0.4 is 5.32 Å². The molecular weight excluding hydrogens is 440 g/mol. The maximum absolute atomic E-state index is 13.0. The summed E-state index contributed by atoms with van der Waals surface area (Å²) in [4.78, 5) is 46.7. The van der Waals surface area contributed by atoms with Gasteiger partial charge >= 0.3 is 0 Å². The highest BCUT2D eigenvalue weighted by Crippen LogP contribution is 2.25. The fraction of sp³-hybridized carbons (Fsp3) is 0.357. The summed E-state index contributed by atoms with van der Waals surface area (Å²) >= 11 is 0. The molecule has 1 atom stereocenters. The van der Waals surface area contributed by atoms with E-state index in [1.165, 1.54) is 4.90 Å². The number of rotatable bonds is 5. The van der Waals surface area contributed by atoms with Gasteiger partial charge < -0.3 is 5.32 Å².